The van der Waals surface area contributed by atoms with Gasteiger partial charge in [-0.1, -0.05) is 18.2 Å². The number of aryl methyl sites for hydroxylation is 2. The Labute approximate surface area is 151 Å². The number of carbonyl (C=O) groups excluding carboxylic acids is 1. The van der Waals surface area contributed by atoms with Crippen LogP contribution in [0.25, 0.3) is 5.69 Å². The predicted octanol–water partition coefficient (Wildman–Crippen LogP) is 1.93. The molecule has 1 aromatic carbocycles. The highest BCUT2D eigenvalue weighted by Gasteiger charge is 2.18. The largest absolute Gasteiger partial charge is 0.349 e. The number of H-pyrrole nitrogens is 1. The number of carbonyl (C=O) groups is 1. The molecule has 26 heavy (non-hydrogen) atoms. The zero-order valence-electron chi connectivity index (χ0n) is 15.0. The molecule has 2 N–H and O–H groups in total. The van der Waals surface area contributed by atoms with Crippen molar-refractivity contribution in [1.82, 2.24) is 25.1 Å². The van der Waals surface area contributed by atoms with Gasteiger partial charge in [0.1, 0.15) is 5.56 Å². The molecule has 134 valence electrons. The number of aromatic amines is 1. The Hall–Kier alpha value is -3.22. The maximum absolute atomic E-state index is 12.5. The molecule has 0 bridgehead atoms. The third-order valence-corrected chi connectivity index (χ3v) is 4.07. The zero-order chi connectivity index (χ0) is 18.7. The van der Waals surface area contributed by atoms with Gasteiger partial charge in [0.05, 0.1) is 23.4 Å². The average molecular weight is 351 g/mol. The third-order valence-electron chi connectivity index (χ3n) is 4.07. The van der Waals surface area contributed by atoms with Crippen LogP contribution in [0.3, 0.4) is 0 Å². The average Bonchev–Trinajstić information content (AvgIpc) is 2.95. The summed E-state index contributed by atoms with van der Waals surface area (Å²) in [6.07, 6.45) is 1.87. The molecule has 0 spiro atoms. The Balaban J connectivity index is 1.78. The van der Waals surface area contributed by atoms with Crippen molar-refractivity contribution in [3.8, 4) is 5.69 Å². The van der Waals surface area contributed by atoms with Crippen molar-refractivity contribution >= 4 is 5.91 Å². The maximum Gasteiger partial charge on any atom is 0.263 e. The number of para-hydroxylation sites is 1. The second kappa shape index (κ2) is 7.35. The van der Waals surface area contributed by atoms with E-state index >= 15 is 0 Å². The van der Waals surface area contributed by atoms with Gasteiger partial charge < -0.3 is 10.3 Å². The number of nitrogens with one attached hydrogen (secondary N) is 2. The number of nitrogens with zero attached hydrogens (tertiary/aromatic N) is 3. The van der Waals surface area contributed by atoms with E-state index in [1.54, 1.807) is 6.92 Å². The van der Waals surface area contributed by atoms with Crippen molar-refractivity contribution in [2.75, 3.05) is 0 Å². The quantitative estimate of drug-likeness (QED) is 0.735. The number of hydrogen-bond donors (Lipinski definition) is 2. The second-order valence-electron chi connectivity index (χ2n) is 6.30. The molecule has 2 heterocycles. The van der Waals surface area contributed by atoms with Gasteiger partial charge in [-0.25, -0.2) is 9.67 Å². The van der Waals surface area contributed by atoms with E-state index in [1.165, 1.54) is 6.33 Å². The second-order valence-corrected chi connectivity index (χ2v) is 6.30. The molecule has 0 fully saturated rings. The molecular weight excluding hydrogens is 330 g/mol. The highest BCUT2D eigenvalue weighted by Crippen LogP contribution is 2.14. The number of aromatic nitrogens is 4. The van der Waals surface area contributed by atoms with Crippen LogP contribution in [0.1, 0.15) is 34.4 Å². The summed E-state index contributed by atoms with van der Waals surface area (Å²) in [5.74, 6) is -0.424. The smallest absolute Gasteiger partial charge is 0.263 e. The molecule has 0 aliphatic rings. The van der Waals surface area contributed by atoms with E-state index in [1.807, 2.05) is 54.9 Å². The summed E-state index contributed by atoms with van der Waals surface area (Å²) in [6, 6.07) is 11.7. The number of benzene rings is 1. The van der Waals surface area contributed by atoms with Gasteiger partial charge >= 0.3 is 0 Å². The minimum Gasteiger partial charge on any atom is -0.349 e. The topological polar surface area (TPSA) is 92.7 Å². The van der Waals surface area contributed by atoms with E-state index < -0.39 is 11.5 Å². The SMILES string of the molecule is Cc1cc(CC(C)NC(=O)c2c(C)nc[nH]c2=O)n(-c2ccccc2)n1. The Bertz CT molecular complexity index is 975. The number of amides is 1. The van der Waals surface area contributed by atoms with Crippen molar-refractivity contribution in [2.45, 2.75) is 33.2 Å². The fraction of sp³-hybridized carbons (Fsp3) is 0.263. The van der Waals surface area contributed by atoms with E-state index in [0.717, 1.165) is 17.1 Å². The lowest BCUT2D eigenvalue weighted by Gasteiger charge is -2.15. The van der Waals surface area contributed by atoms with E-state index in [9.17, 15) is 9.59 Å². The Kier molecular flexibility index (Phi) is 4.97. The van der Waals surface area contributed by atoms with E-state index in [4.69, 9.17) is 0 Å². The minimum absolute atomic E-state index is 0.0482. The van der Waals surface area contributed by atoms with Crippen molar-refractivity contribution in [1.29, 1.82) is 0 Å². The first-order valence-electron chi connectivity index (χ1n) is 8.42. The summed E-state index contributed by atoms with van der Waals surface area (Å²) in [5, 5.41) is 7.41. The Morgan fingerprint density at radius 1 is 1.27 bits per heavy atom. The molecule has 0 saturated carbocycles. The van der Waals surface area contributed by atoms with E-state index in [-0.39, 0.29) is 11.6 Å². The number of hydrogen-bond acceptors (Lipinski definition) is 4. The molecule has 2 aromatic heterocycles. The summed E-state index contributed by atoms with van der Waals surface area (Å²) in [6.45, 7) is 5.48. The molecule has 1 unspecified atom stereocenters. The van der Waals surface area contributed by atoms with Crippen LogP contribution in [0.2, 0.25) is 0 Å². The molecule has 7 heteroatoms. The van der Waals surface area contributed by atoms with Crippen LogP contribution in [0.4, 0.5) is 0 Å². The van der Waals surface area contributed by atoms with Crippen molar-refractivity contribution < 1.29 is 4.79 Å². The zero-order valence-corrected chi connectivity index (χ0v) is 15.0. The van der Waals surface area contributed by atoms with Crippen molar-refractivity contribution in [3.63, 3.8) is 0 Å². The van der Waals surface area contributed by atoms with Gasteiger partial charge in [-0.05, 0) is 39.0 Å². The lowest BCUT2D eigenvalue weighted by atomic mass is 10.1. The van der Waals surface area contributed by atoms with Crippen LogP contribution in [0, 0.1) is 13.8 Å². The number of rotatable bonds is 5. The first kappa shape index (κ1) is 17.6. The molecule has 0 aliphatic heterocycles. The van der Waals surface area contributed by atoms with Crippen LogP contribution in [-0.2, 0) is 6.42 Å². The standard InChI is InChI=1S/C19H21N5O2/c1-12(22-19(26)17-14(3)20-11-21-18(17)25)9-16-10-13(2)23-24(16)15-7-5-4-6-8-15/h4-8,10-12H,9H2,1-3H3,(H,22,26)(H,20,21,25). The lowest BCUT2D eigenvalue weighted by molar-refractivity contribution is 0.0937. The molecule has 3 aromatic rings. The lowest BCUT2D eigenvalue weighted by Crippen LogP contribution is -2.38. The minimum atomic E-state index is -0.438. The van der Waals surface area contributed by atoms with Crippen LogP contribution in [0.15, 0.2) is 47.5 Å². The van der Waals surface area contributed by atoms with Crippen LogP contribution in [-0.4, -0.2) is 31.7 Å². The van der Waals surface area contributed by atoms with Crippen LogP contribution >= 0.6 is 0 Å². The fourth-order valence-corrected chi connectivity index (χ4v) is 2.91. The fourth-order valence-electron chi connectivity index (χ4n) is 2.91. The molecular formula is C19H21N5O2. The summed E-state index contributed by atoms with van der Waals surface area (Å²) in [5.41, 5.74) is 2.87. The molecule has 1 atom stereocenters. The first-order chi connectivity index (χ1) is 12.5. The summed E-state index contributed by atoms with van der Waals surface area (Å²) in [4.78, 5) is 30.8. The highest BCUT2D eigenvalue weighted by atomic mass is 16.2. The van der Waals surface area contributed by atoms with Gasteiger partial charge in [-0.3, -0.25) is 9.59 Å². The highest BCUT2D eigenvalue weighted by molar-refractivity contribution is 5.94. The van der Waals surface area contributed by atoms with E-state index in [0.29, 0.717) is 12.1 Å². The summed E-state index contributed by atoms with van der Waals surface area (Å²) in [7, 11) is 0. The van der Waals surface area contributed by atoms with Gasteiger partial charge in [0.2, 0.25) is 0 Å². The van der Waals surface area contributed by atoms with E-state index in [2.05, 4.69) is 20.4 Å². The molecule has 7 nitrogen and oxygen atoms in total. The van der Waals surface area contributed by atoms with Crippen LogP contribution in [0.5, 0.6) is 0 Å². The first-order valence-corrected chi connectivity index (χ1v) is 8.42. The molecule has 0 radical (unpaired) electrons. The van der Waals surface area contributed by atoms with Crippen molar-refractivity contribution in [2.24, 2.45) is 0 Å². The van der Waals surface area contributed by atoms with Crippen molar-refractivity contribution in [3.05, 3.63) is 75.7 Å². The predicted molar refractivity (Wildman–Crippen MR) is 98.5 cm³/mol. The monoisotopic (exact) mass is 351 g/mol. The normalized spacial score (nSPS) is 12.0. The van der Waals surface area contributed by atoms with Gasteiger partial charge in [0.15, 0.2) is 0 Å². The van der Waals surface area contributed by atoms with Crippen LogP contribution < -0.4 is 10.9 Å². The summed E-state index contributed by atoms with van der Waals surface area (Å²) >= 11 is 0. The Morgan fingerprint density at radius 3 is 2.69 bits per heavy atom. The molecule has 1 amide bonds. The maximum atomic E-state index is 12.5. The third kappa shape index (κ3) is 3.72. The molecule has 0 saturated heterocycles. The van der Waals surface area contributed by atoms with Gasteiger partial charge in [0, 0.05) is 18.2 Å². The molecule has 0 aliphatic carbocycles. The van der Waals surface area contributed by atoms with Gasteiger partial charge in [-0.15, -0.1) is 0 Å². The van der Waals surface area contributed by atoms with Gasteiger partial charge in [0.25, 0.3) is 11.5 Å². The summed E-state index contributed by atoms with van der Waals surface area (Å²) < 4.78 is 1.88. The Morgan fingerprint density at radius 2 is 2.00 bits per heavy atom. The molecule has 3 rings (SSSR count). The van der Waals surface area contributed by atoms with Gasteiger partial charge in [-0.2, -0.15) is 5.10 Å².